The van der Waals surface area contributed by atoms with Crippen LogP contribution >= 0.6 is 0 Å². The molecule has 0 radical (unpaired) electrons. The van der Waals surface area contributed by atoms with Gasteiger partial charge in [-0.2, -0.15) is 4.39 Å². The summed E-state index contributed by atoms with van der Waals surface area (Å²) in [6.45, 7) is 4.26. The fraction of sp³-hybridized carbons (Fsp3) is 0.267. The van der Waals surface area contributed by atoms with Gasteiger partial charge >= 0.3 is 0 Å². The van der Waals surface area contributed by atoms with E-state index in [4.69, 9.17) is 0 Å². The molecule has 2 aromatic rings. The molecule has 0 fully saturated rings. The van der Waals surface area contributed by atoms with Gasteiger partial charge in [0.2, 0.25) is 5.95 Å². The molecule has 0 saturated carbocycles. The molecule has 17 heavy (non-hydrogen) atoms. The molecule has 1 aromatic heterocycles. The Labute approximate surface area is 101 Å². The van der Waals surface area contributed by atoms with Crippen molar-refractivity contribution >= 4 is 0 Å². The van der Waals surface area contributed by atoms with Crippen LogP contribution in [0.25, 0.3) is 11.1 Å². The average Bonchev–Trinajstić information content (AvgIpc) is 2.38. The molecule has 1 heterocycles. The van der Waals surface area contributed by atoms with Crippen LogP contribution in [-0.4, -0.2) is 4.98 Å². The summed E-state index contributed by atoms with van der Waals surface area (Å²) in [5, 5.41) is 0. The summed E-state index contributed by atoms with van der Waals surface area (Å²) in [4.78, 5) is 3.69. The standard InChI is InChI=1S/C15H16FN/c1-3-11-7-8-13(10-12(11)4-2)14-6-5-9-17-15(14)16/h5-10H,3-4H2,1-2H3. The highest BCUT2D eigenvalue weighted by atomic mass is 19.1. The van der Waals surface area contributed by atoms with Gasteiger partial charge in [-0.15, -0.1) is 0 Å². The Kier molecular flexibility index (Phi) is 3.52. The minimum Gasteiger partial charge on any atom is -0.228 e. The molecule has 0 saturated heterocycles. The second-order valence-electron chi connectivity index (χ2n) is 4.03. The van der Waals surface area contributed by atoms with Gasteiger partial charge in [0.05, 0.1) is 0 Å². The Morgan fingerprint density at radius 3 is 2.47 bits per heavy atom. The summed E-state index contributed by atoms with van der Waals surface area (Å²) in [5.74, 6) is -0.404. The monoisotopic (exact) mass is 229 g/mol. The minimum absolute atomic E-state index is 0.404. The van der Waals surface area contributed by atoms with Gasteiger partial charge in [-0.05, 0) is 41.7 Å². The maximum Gasteiger partial charge on any atom is 0.220 e. The van der Waals surface area contributed by atoms with Crippen LogP contribution in [0.4, 0.5) is 4.39 Å². The van der Waals surface area contributed by atoms with Gasteiger partial charge in [0.25, 0.3) is 0 Å². The first kappa shape index (κ1) is 11.8. The molecular weight excluding hydrogens is 213 g/mol. The zero-order chi connectivity index (χ0) is 12.3. The molecule has 0 amide bonds. The van der Waals surface area contributed by atoms with Gasteiger partial charge in [0.1, 0.15) is 0 Å². The van der Waals surface area contributed by atoms with Crippen LogP contribution < -0.4 is 0 Å². The third-order valence-electron chi connectivity index (χ3n) is 3.04. The van der Waals surface area contributed by atoms with E-state index in [1.165, 1.54) is 17.3 Å². The van der Waals surface area contributed by atoms with Crippen LogP contribution in [0.3, 0.4) is 0 Å². The van der Waals surface area contributed by atoms with Crippen molar-refractivity contribution in [1.29, 1.82) is 0 Å². The zero-order valence-corrected chi connectivity index (χ0v) is 10.2. The Hall–Kier alpha value is -1.70. The molecule has 0 aliphatic carbocycles. The van der Waals surface area contributed by atoms with E-state index in [1.807, 2.05) is 6.07 Å². The third-order valence-corrected chi connectivity index (χ3v) is 3.04. The number of aryl methyl sites for hydroxylation is 2. The summed E-state index contributed by atoms with van der Waals surface area (Å²) in [6.07, 6.45) is 3.46. The second-order valence-corrected chi connectivity index (χ2v) is 4.03. The molecule has 1 aromatic carbocycles. The largest absolute Gasteiger partial charge is 0.228 e. The van der Waals surface area contributed by atoms with E-state index < -0.39 is 5.95 Å². The molecule has 2 heteroatoms. The number of halogens is 1. The van der Waals surface area contributed by atoms with Crippen molar-refractivity contribution in [3.63, 3.8) is 0 Å². The summed E-state index contributed by atoms with van der Waals surface area (Å²) in [5.41, 5.74) is 4.10. The molecule has 0 bridgehead atoms. The summed E-state index contributed by atoms with van der Waals surface area (Å²) in [6, 6.07) is 9.65. The topological polar surface area (TPSA) is 12.9 Å². The molecule has 0 unspecified atom stereocenters. The van der Waals surface area contributed by atoms with Gasteiger partial charge < -0.3 is 0 Å². The lowest BCUT2D eigenvalue weighted by Gasteiger charge is -2.09. The lowest BCUT2D eigenvalue weighted by molar-refractivity contribution is 0.587. The molecule has 1 nitrogen and oxygen atoms in total. The van der Waals surface area contributed by atoms with Crippen LogP contribution in [0, 0.1) is 5.95 Å². The quantitative estimate of drug-likeness (QED) is 0.724. The van der Waals surface area contributed by atoms with E-state index in [1.54, 1.807) is 12.1 Å². The predicted octanol–water partition coefficient (Wildman–Crippen LogP) is 4.01. The Bertz CT molecular complexity index is 520. The van der Waals surface area contributed by atoms with E-state index in [0.29, 0.717) is 5.56 Å². The fourth-order valence-electron chi connectivity index (χ4n) is 2.07. The highest BCUT2D eigenvalue weighted by Crippen LogP contribution is 2.24. The van der Waals surface area contributed by atoms with Crippen LogP contribution in [0.1, 0.15) is 25.0 Å². The van der Waals surface area contributed by atoms with Crippen molar-refractivity contribution < 1.29 is 4.39 Å². The summed E-state index contributed by atoms with van der Waals surface area (Å²) in [7, 11) is 0. The Balaban J connectivity index is 2.50. The highest BCUT2D eigenvalue weighted by molar-refractivity contribution is 5.64. The van der Waals surface area contributed by atoms with Gasteiger partial charge in [0, 0.05) is 11.8 Å². The van der Waals surface area contributed by atoms with E-state index >= 15 is 0 Å². The van der Waals surface area contributed by atoms with Gasteiger partial charge in [-0.1, -0.05) is 32.0 Å². The normalized spacial score (nSPS) is 10.5. The van der Waals surface area contributed by atoms with Crippen LogP contribution in [-0.2, 0) is 12.8 Å². The zero-order valence-electron chi connectivity index (χ0n) is 10.2. The number of rotatable bonds is 3. The Morgan fingerprint density at radius 2 is 1.82 bits per heavy atom. The summed E-state index contributed by atoms with van der Waals surface area (Å²) >= 11 is 0. The van der Waals surface area contributed by atoms with Crippen molar-refractivity contribution in [2.24, 2.45) is 0 Å². The van der Waals surface area contributed by atoms with Gasteiger partial charge in [0.15, 0.2) is 0 Å². The molecule has 0 spiro atoms. The maximum atomic E-state index is 13.6. The number of pyridine rings is 1. The molecular formula is C15H16FN. The van der Waals surface area contributed by atoms with E-state index in [0.717, 1.165) is 18.4 Å². The lowest BCUT2D eigenvalue weighted by Crippen LogP contribution is -1.93. The van der Waals surface area contributed by atoms with E-state index in [2.05, 4.69) is 31.0 Å². The van der Waals surface area contributed by atoms with Gasteiger partial charge in [-0.25, -0.2) is 4.98 Å². The van der Waals surface area contributed by atoms with Crippen molar-refractivity contribution in [2.45, 2.75) is 26.7 Å². The SMILES string of the molecule is CCc1ccc(-c2cccnc2F)cc1CC. The molecule has 0 aliphatic rings. The van der Waals surface area contributed by atoms with Crippen molar-refractivity contribution in [3.8, 4) is 11.1 Å². The molecule has 0 N–H and O–H groups in total. The van der Waals surface area contributed by atoms with Crippen molar-refractivity contribution in [2.75, 3.05) is 0 Å². The number of hydrogen-bond acceptors (Lipinski definition) is 1. The smallest absolute Gasteiger partial charge is 0.220 e. The second kappa shape index (κ2) is 5.09. The first-order valence-electron chi connectivity index (χ1n) is 5.99. The van der Waals surface area contributed by atoms with Crippen LogP contribution in [0.2, 0.25) is 0 Å². The van der Waals surface area contributed by atoms with Crippen molar-refractivity contribution in [1.82, 2.24) is 4.98 Å². The molecule has 2 rings (SSSR count). The number of hydrogen-bond donors (Lipinski definition) is 0. The number of aromatic nitrogens is 1. The predicted molar refractivity (Wildman–Crippen MR) is 68.4 cm³/mol. The van der Waals surface area contributed by atoms with E-state index in [-0.39, 0.29) is 0 Å². The average molecular weight is 229 g/mol. The third kappa shape index (κ3) is 2.36. The van der Waals surface area contributed by atoms with Gasteiger partial charge in [-0.3, -0.25) is 0 Å². The van der Waals surface area contributed by atoms with Crippen molar-refractivity contribution in [3.05, 3.63) is 53.6 Å². The molecule has 0 aliphatic heterocycles. The number of benzene rings is 1. The van der Waals surface area contributed by atoms with Crippen LogP contribution in [0.15, 0.2) is 36.5 Å². The van der Waals surface area contributed by atoms with E-state index in [9.17, 15) is 4.39 Å². The lowest BCUT2D eigenvalue weighted by atomic mass is 9.97. The number of nitrogens with zero attached hydrogens (tertiary/aromatic N) is 1. The summed E-state index contributed by atoms with van der Waals surface area (Å²) < 4.78 is 13.6. The fourth-order valence-corrected chi connectivity index (χ4v) is 2.07. The first-order valence-corrected chi connectivity index (χ1v) is 5.99. The van der Waals surface area contributed by atoms with Crippen LogP contribution in [0.5, 0.6) is 0 Å². The maximum absolute atomic E-state index is 13.6. The minimum atomic E-state index is -0.404. The Morgan fingerprint density at radius 1 is 1.06 bits per heavy atom. The molecule has 88 valence electrons. The highest BCUT2D eigenvalue weighted by Gasteiger charge is 2.07. The molecule has 0 atom stereocenters. The first-order chi connectivity index (χ1) is 8.26.